The highest BCUT2D eigenvalue weighted by atomic mass is 16.2. The molecule has 0 aliphatic heterocycles. The minimum absolute atomic E-state index is 0.147. The number of pyridine rings is 1. The van der Waals surface area contributed by atoms with Crippen LogP contribution in [0.15, 0.2) is 54.9 Å². The summed E-state index contributed by atoms with van der Waals surface area (Å²) < 4.78 is 1.74. The van der Waals surface area contributed by atoms with E-state index in [0.29, 0.717) is 6.54 Å². The molecule has 0 aliphatic carbocycles. The molecule has 0 aliphatic rings. The van der Waals surface area contributed by atoms with Crippen molar-refractivity contribution in [3.63, 3.8) is 0 Å². The molecule has 6 nitrogen and oxygen atoms in total. The molecule has 0 spiro atoms. The summed E-state index contributed by atoms with van der Waals surface area (Å²) in [5.74, 6) is 0. The molecule has 1 aromatic carbocycles. The monoisotopic (exact) mass is 337 g/mol. The molecule has 3 rings (SSSR count). The lowest BCUT2D eigenvalue weighted by Gasteiger charge is -2.19. The van der Waals surface area contributed by atoms with Gasteiger partial charge in [-0.1, -0.05) is 24.3 Å². The van der Waals surface area contributed by atoms with Crippen LogP contribution < -0.4 is 5.32 Å². The number of carbonyl (C=O) groups excluding carboxylic acids is 1. The number of benzene rings is 1. The van der Waals surface area contributed by atoms with Gasteiger partial charge in [0.25, 0.3) is 0 Å². The summed E-state index contributed by atoms with van der Waals surface area (Å²) >= 11 is 0. The van der Waals surface area contributed by atoms with E-state index in [2.05, 4.69) is 39.6 Å². The summed E-state index contributed by atoms with van der Waals surface area (Å²) in [7, 11) is 5.89. The SMILES string of the molecule is CN(C)Cc1ccc(CN(C)C(=O)Nc2cccn3nccc23)cc1. The van der Waals surface area contributed by atoms with Crippen LogP contribution in [0.3, 0.4) is 0 Å². The second-order valence-corrected chi connectivity index (χ2v) is 6.42. The van der Waals surface area contributed by atoms with E-state index in [4.69, 9.17) is 0 Å². The maximum absolute atomic E-state index is 12.5. The minimum atomic E-state index is -0.147. The van der Waals surface area contributed by atoms with Gasteiger partial charge in [0, 0.05) is 26.3 Å². The van der Waals surface area contributed by atoms with E-state index in [1.54, 1.807) is 22.7 Å². The Morgan fingerprint density at radius 2 is 1.72 bits per heavy atom. The van der Waals surface area contributed by atoms with E-state index in [1.165, 1.54) is 5.56 Å². The van der Waals surface area contributed by atoms with Crippen LogP contribution >= 0.6 is 0 Å². The highest BCUT2D eigenvalue weighted by Crippen LogP contribution is 2.16. The molecule has 2 amide bonds. The standard InChI is InChI=1S/C19H23N5O/c1-22(2)13-15-6-8-16(9-7-15)14-23(3)19(25)21-17-5-4-12-24-18(17)10-11-20-24/h4-12H,13-14H2,1-3H3,(H,21,25). The number of rotatable bonds is 5. The van der Waals surface area contributed by atoms with Gasteiger partial charge in [0.2, 0.25) is 0 Å². The zero-order chi connectivity index (χ0) is 17.8. The molecule has 6 heteroatoms. The first-order valence-electron chi connectivity index (χ1n) is 8.20. The Labute approximate surface area is 147 Å². The van der Waals surface area contributed by atoms with Crippen LogP contribution in [0.1, 0.15) is 11.1 Å². The van der Waals surface area contributed by atoms with Crippen molar-refractivity contribution in [2.24, 2.45) is 0 Å². The minimum Gasteiger partial charge on any atom is -0.323 e. The van der Waals surface area contributed by atoms with Crippen LogP contribution in [0.4, 0.5) is 10.5 Å². The van der Waals surface area contributed by atoms with Crippen LogP contribution in [-0.4, -0.2) is 46.6 Å². The number of fused-ring (bicyclic) bond motifs is 1. The summed E-state index contributed by atoms with van der Waals surface area (Å²) in [5.41, 5.74) is 3.98. The van der Waals surface area contributed by atoms with Gasteiger partial charge in [0.15, 0.2) is 0 Å². The Hall–Kier alpha value is -2.86. The molecule has 0 unspecified atom stereocenters. The van der Waals surface area contributed by atoms with E-state index >= 15 is 0 Å². The van der Waals surface area contributed by atoms with Crippen molar-refractivity contribution in [3.8, 4) is 0 Å². The van der Waals surface area contributed by atoms with Crippen molar-refractivity contribution < 1.29 is 4.79 Å². The van der Waals surface area contributed by atoms with Crippen molar-refractivity contribution in [2.45, 2.75) is 13.1 Å². The van der Waals surface area contributed by atoms with E-state index in [1.807, 2.05) is 38.5 Å². The fourth-order valence-electron chi connectivity index (χ4n) is 2.73. The average molecular weight is 337 g/mol. The molecule has 3 aromatic rings. The maximum atomic E-state index is 12.5. The van der Waals surface area contributed by atoms with Gasteiger partial charge in [-0.3, -0.25) is 0 Å². The lowest BCUT2D eigenvalue weighted by Crippen LogP contribution is -2.31. The molecule has 0 bridgehead atoms. The number of hydrogen-bond donors (Lipinski definition) is 1. The highest BCUT2D eigenvalue weighted by molar-refractivity contribution is 5.93. The topological polar surface area (TPSA) is 52.9 Å². The van der Waals surface area contributed by atoms with E-state index in [9.17, 15) is 4.79 Å². The summed E-state index contributed by atoms with van der Waals surface area (Å²) in [4.78, 5) is 16.3. The molecule has 2 aromatic heterocycles. The number of nitrogens with zero attached hydrogens (tertiary/aromatic N) is 4. The number of nitrogens with one attached hydrogen (secondary N) is 1. The molecule has 1 N–H and O–H groups in total. The first kappa shape index (κ1) is 17.0. The summed E-state index contributed by atoms with van der Waals surface area (Å²) in [5, 5.41) is 7.12. The predicted octanol–water partition coefficient (Wildman–Crippen LogP) is 3.06. The molecule has 2 heterocycles. The Bertz CT molecular complexity index is 854. The number of hydrogen-bond acceptors (Lipinski definition) is 3. The molecule has 130 valence electrons. The Morgan fingerprint density at radius 1 is 1.04 bits per heavy atom. The van der Waals surface area contributed by atoms with Crippen molar-refractivity contribution in [2.75, 3.05) is 26.5 Å². The largest absolute Gasteiger partial charge is 0.323 e. The number of amides is 2. The Kier molecular flexibility index (Phi) is 5.00. The zero-order valence-electron chi connectivity index (χ0n) is 14.8. The first-order valence-corrected chi connectivity index (χ1v) is 8.20. The van der Waals surface area contributed by atoms with Crippen LogP contribution in [0.2, 0.25) is 0 Å². The Morgan fingerprint density at radius 3 is 2.40 bits per heavy atom. The second kappa shape index (κ2) is 7.36. The molecule has 0 fully saturated rings. The molecular formula is C19H23N5O. The predicted molar refractivity (Wildman–Crippen MR) is 99.5 cm³/mol. The van der Waals surface area contributed by atoms with Crippen molar-refractivity contribution in [1.82, 2.24) is 19.4 Å². The van der Waals surface area contributed by atoms with E-state index in [-0.39, 0.29) is 6.03 Å². The molecule has 0 radical (unpaired) electrons. The van der Waals surface area contributed by atoms with Gasteiger partial charge in [-0.05, 0) is 43.4 Å². The van der Waals surface area contributed by atoms with Gasteiger partial charge in [-0.2, -0.15) is 5.10 Å². The normalized spacial score (nSPS) is 11.0. The third kappa shape index (κ3) is 4.16. The fourth-order valence-corrected chi connectivity index (χ4v) is 2.73. The maximum Gasteiger partial charge on any atom is 0.321 e. The number of carbonyl (C=O) groups is 1. The Balaban J connectivity index is 1.63. The number of aromatic nitrogens is 2. The number of anilines is 1. The van der Waals surface area contributed by atoms with Gasteiger partial charge in [0.1, 0.15) is 0 Å². The third-order valence-corrected chi connectivity index (χ3v) is 3.97. The van der Waals surface area contributed by atoms with Gasteiger partial charge in [-0.25, -0.2) is 9.31 Å². The lowest BCUT2D eigenvalue weighted by atomic mass is 10.1. The van der Waals surface area contributed by atoms with Crippen molar-refractivity contribution in [1.29, 1.82) is 0 Å². The highest BCUT2D eigenvalue weighted by Gasteiger charge is 2.11. The van der Waals surface area contributed by atoms with Gasteiger partial charge < -0.3 is 15.1 Å². The molecule has 25 heavy (non-hydrogen) atoms. The zero-order valence-corrected chi connectivity index (χ0v) is 14.8. The lowest BCUT2D eigenvalue weighted by molar-refractivity contribution is 0.220. The quantitative estimate of drug-likeness (QED) is 0.778. The van der Waals surface area contributed by atoms with E-state index in [0.717, 1.165) is 23.3 Å². The fraction of sp³-hybridized carbons (Fsp3) is 0.263. The van der Waals surface area contributed by atoms with Crippen molar-refractivity contribution in [3.05, 3.63) is 66.0 Å². The van der Waals surface area contributed by atoms with Crippen molar-refractivity contribution >= 4 is 17.2 Å². The smallest absolute Gasteiger partial charge is 0.321 e. The van der Waals surface area contributed by atoms with Gasteiger partial charge >= 0.3 is 6.03 Å². The van der Waals surface area contributed by atoms with Gasteiger partial charge in [-0.15, -0.1) is 0 Å². The average Bonchev–Trinajstić information content (AvgIpc) is 3.06. The summed E-state index contributed by atoms with van der Waals surface area (Å²) in [6.45, 7) is 1.46. The summed E-state index contributed by atoms with van der Waals surface area (Å²) in [6, 6.07) is 13.8. The molecule has 0 saturated carbocycles. The van der Waals surface area contributed by atoms with Crippen LogP contribution in [0, 0.1) is 0 Å². The number of urea groups is 1. The first-order chi connectivity index (χ1) is 12.0. The molecular weight excluding hydrogens is 314 g/mol. The van der Waals surface area contributed by atoms with Crippen LogP contribution in [0.25, 0.3) is 5.52 Å². The van der Waals surface area contributed by atoms with Gasteiger partial charge in [0.05, 0.1) is 17.4 Å². The second-order valence-electron chi connectivity index (χ2n) is 6.42. The molecule has 0 saturated heterocycles. The van der Waals surface area contributed by atoms with Crippen LogP contribution in [0.5, 0.6) is 0 Å². The molecule has 0 atom stereocenters. The third-order valence-electron chi connectivity index (χ3n) is 3.97. The summed E-state index contributed by atoms with van der Waals surface area (Å²) in [6.07, 6.45) is 3.56. The van der Waals surface area contributed by atoms with Crippen LogP contribution in [-0.2, 0) is 13.1 Å². The van der Waals surface area contributed by atoms with E-state index < -0.39 is 0 Å².